The normalized spacial score (nSPS) is 17.5. The minimum absolute atomic E-state index is 0.117. The summed E-state index contributed by atoms with van der Waals surface area (Å²) in [7, 11) is 1.85. The maximum Gasteiger partial charge on any atom is 0.0867 e. The standard InChI is InChI=1S/C19H31NO/c1-5-19(6-2,21-4)18(20-7-3)17-13-11-16(12-14-17)15-9-8-10-15/h11-15,18,20H,5-10H2,1-4H3. The number of hydrogen-bond donors (Lipinski definition) is 1. The maximum absolute atomic E-state index is 5.95. The second-order valence-electron chi connectivity index (χ2n) is 6.26. The van der Waals surface area contributed by atoms with Gasteiger partial charge in [0.2, 0.25) is 0 Å². The zero-order valence-electron chi connectivity index (χ0n) is 14.1. The van der Waals surface area contributed by atoms with Crippen LogP contribution in [0.15, 0.2) is 24.3 Å². The van der Waals surface area contributed by atoms with Crippen LogP contribution in [0.25, 0.3) is 0 Å². The predicted octanol–water partition coefficient (Wildman–Crippen LogP) is 4.81. The molecule has 0 bridgehead atoms. The van der Waals surface area contributed by atoms with Crippen LogP contribution < -0.4 is 5.32 Å². The van der Waals surface area contributed by atoms with Crippen LogP contribution in [0.1, 0.15) is 76.0 Å². The fraction of sp³-hybridized carbons (Fsp3) is 0.684. The van der Waals surface area contributed by atoms with Crippen molar-refractivity contribution in [1.82, 2.24) is 5.32 Å². The summed E-state index contributed by atoms with van der Waals surface area (Å²) < 4.78 is 5.95. The van der Waals surface area contributed by atoms with E-state index in [4.69, 9.17) is 4.74 Å². The number of benzene rings is 1. The lowest BCUT2D eigenvalue weighted by molar-refractivity contribution is -0.0482. The number of hydrogen-bond acceptors (Lipinski definition) is 2. The fourth-order valence-corrected chi connectivity index (χ4v) is 3.58. The highest BCUT2D eigenvalue weighted by molar-refractivity contribution is 5.30. The Kier molecular flexibility index (Phi) is 5.83. The first-order chi connectivity index (χ1) is 10.2. The number of methoxy groups -OCH3 is 1. The molecule has 0 radical (unpaired) electrons. The van der Waals surface area contributed by atoms with E-state index in [1.165, 1.54) is 30.4 Å². The summed E-state index contributed by atoms with van der Waals surface area (Å²) in [5, 5.41) is 3.64. The molecule has 0 aliphatic heterocycles. The minimum atomic E-state index is -0.117. The first-order valence-corrected chi connectivity index (χ1v) is 8.59. The molecule has 2 rings (SSSR count). The van der Waals surface area contributed by atoms with E-state index in [9.17, 15) is 0 Å². The Morgan fingerprint density at radius 3 is 2.14 bits per heavy atom. The molecule has 118 valence electrons. The molecule has 1 aromatic carbocycles. The van der Waals surface area contributed by atoms with E-state index in [1.54, 1.807) is 0 Å². The minimum Gasteiger partial charge on any atom is -0.376 e. The molecule has 1 aliphatic rings. The van der Waals surface area contributed by atoms with Gasteiger partial charge in [-0.2, -0.15) is 0 Å². The van der Waals surface area contributed by atoms with Gasteiger partial charge in [-0.3, -0.25) is 0 Å². The highest BCUT2D eigenvalue weighted by Crippen LogP contribution is 2.38. The Balaban J connectivity index is 2.24. The van der Waals surface area contributed by atoms with Crippen molar-refractivity contribution < 1.29 is 4.74 Å². The number of nitrogens with one attached hydrogen (secondary N) is 1. The second-order valence-corrected chi connectivity index (χ2v) is 6.26. The van der Waals surface area contributed by atoms with E-state index in [1.807, 2.05) is 7.11 Å². The molecule has 2 nitrogen and oxygen atoms in total. The Hall–Kier alpha value is -0.860. The van der Waals surface area contributed by atoms with Crippen LogP contribution in [0.2, 0.25) is 0 Å². The molecule has 1 atom stereocenters. The topological polar surface area (TPSA) is 21.3 Å². The third-order valence-electron chi connectivity index (χ3n) is 5.38. The summed E-state index contributed by atoms with van der Waals surface area (Å²) in [5.41, 5.74) is 2.75. The van der Waals surface area contributed by atoms with Gasteiger partial charge in [0.1, 0.15) is 0 Å². The van der Waals surface area contributed by atoms with E-state index in [0.717, 1.165) is 25.3 Å². The van der Waals surface area contributed by atoms with E-state index in [2.05, 4.69) is 50.4 Å². The van der Waals surface area contributed by atoms with Crippen LogP contribution in [0.5, 0.6) is 0 Å². The lowest BCUT2D eigenvalue weighted by Crippen LogP contribution is -2.44. The van der Waals surface area contributed by atoms with Gasteiger partial charge in [0.25, 0.3) is 0 Å². The van der Waals surface area contributed by atoms with E-state index in [0.29, 0.717) is 0 Å². The lowest BCUT2D eigenvalue weighted by Gasteiger charge is -2.39. The molecule has 0 aromatic heterocycles. The predicted molar refractivity (Wildman–Crippen MR) is 89.8 cm³/mol. The third-order valence-corrected chi connectivity index (χ3v) is 5.38. The number of likely N-dealkylation sites (N-methyl/N-ethyl adjacent to an activating group) is 1. The summed E-state index contributed by atoms with van der Waals surface area (Å²) in [5.74, 6) is 0.807. The quantitative estimate of drug-likeness (QED) is 0.741. The Morgan fingerprint density at radius 1 is 1.14 bits per heavy atom. The van der Waals surface area contributed by atoms with E-state index < -0.39 is 0 Å². The third kappa shape index (κ3) is 3.32. The van der Waals surface area contributed by atoms with Crippen molar-refractivity contribution in [2.75, 3.05) is 13.7 Å². The molecule has 1 aromatic rings. The molecule has 0 saturated heterocycles. The summed E-state index contributed by atoms with van der Waals surface area (Å²) >= 11 is 0. The van der Waals surface area contributed by atoms with Crippen LogP contribution in [0, 0.1) is 0 Å². The summed E-state index contributed by atoms with van der Waals surface area (Å²) in [4.78, 5) is 0. The van der Waals surface area contributed by atoms with Crippen molar-refractivity contribution in [3.05, 3.63) is 35.4 Å². The molecule has 21 heavy (non-hydrogen) atoms. The average Bonchev–Trinajstić information content (AvgIpc) is 2.48. The van der Waals surface area contributed by atoms with Crippen molar-refractivity contribution in [1.29, 1.82) is 0 Å². The van der Waals surface area contributed by atoms with Gasteiger partial charge >= 0.3 is 0 Å². The van der Waals surface area contributed by atoms with Crippen molar-refractivity contribution in [2.24, 2.45) is 0 Å². The lowest BCUT2D eigenvalue weighted by atomic mass is 9.78. The molecule has 0 spiro atoms. The molecule has 2 heteroatoms. The maximum atomic E-state index is 5.95. The van der Waals surface area contributed by atoms with Crippen molar-refractivity contribution in [2.45, 2.75) is 70.4 Å². The van der Waals surface area contributed by atoms with Gasteiger partial charge in [-0.25, -0.2) is 0 Å². The zero-order valence-corrected chi connectivity index (χ0v) is 14.1. The Labute approximate surface area is 130 Å². The van der Waals surface area contributed by atoms with Crippen LogP contribution >= 0.6 is 0 Å². The molecule has 1 unspecified atom stereocenters. The van der Waals surface area contributed by atoms with E-state index in [-0.39, 0.29) is 11.6 Å². The fourth-order valence-electron chi connectivity index (χ4n) is 3.58. The molecule has 0 heterocycles. The SMILES string of the molecule is CCNC(c1ccc(C2CCC2)cc1)C(CC)(CC)OC. The molecular formula is C19H31NO. The monoisotopic (exact) mass is 289 g/mol. The van der Waals surface area contributed by atoms with Gasteiger partial charge < -0.3 is 10.1 Å². The van der Waals surface area contributed by atoms with Gasteiger partial charge in [-0.15, -0.1) is 0 Å². The van der Waals surface area contributed by atoms with Gasteiger partial charge in [0, 0.05) is 7.11 Å². The molecule has 1 aliphatic carbocycles. The van der Waals surface area contributed by atoms with Crippen LogP contribution in [0.3, 0.4) is 0 Å². The Bertz CT molecular complexity index is 409. The molecule has 1 saturated carbocycles. The van der Waals surface area contributed by atoms with Crippen LogP contribution in [-0.2, 0) is 4.74 Å². The average molecular weight is 289 g/mol. The number of ether oxygens (including phenoxy) is 1. The van der Waals surface area contributed by atoms with Crippen molar-refractivity contribution in [3.8, 4) is 0 Å². The zero-order chi connectivity index (χ0) is 15.3. The largest absolute Gasteiger partial charge is 0.376 e. The molecule has 0 amide bonds. The molecule has 1 N–H and O–H groups in total. The van der Waals surface area contributed by atoms with Crippen LogP contribution in [0.4, 0.5) is 0 Å². The Morgan fingerprint density at radius 2 is 1.76 bits per heavy atom. The number of rotatable bonds is 8. The summed E-state index contributed by atoms with van der Waals surface area (Å²) in [6.45, 7) is 7.57. The van der Waals surface area contributed by atoms with Crippen LogP contribution in [-0.4, -0.2) is 19.3 Å². The summed E-state index contributed by atoms with van der Waals surface area (Å²) in [6.07, 6.45) is 6.15. The van der Waals surface area contributed by atoms with Gasteiger partial charge in [-0.1, -0.05) is 51.5 Å². The van der Waals surface area contributed by atoms with Gasteiger partial charge in [0.05, 0.1) is 11.6 Å². The van der Waals surface area contributed by atoms with Crippen molar-refractivity contribution >= 4 is 0 Å². The van der Waals surface area contributed by atoms with Gasteiger partial charge in [0.15, 0.2) is 0 Å². The van der Waals surface area contributed by atoms with Gasteiger partial charge in [-0.05, 0) is 49.3 Å². The first kappa shape index (κ1) is 16.5. The summed E-state index contributed by atoms with van der Waals surface area (Å²) in [6, 6.07) is 9.53. The highest BCUT2D eigenvalue weighted by Gasteiger charge is 2.36. The van der Waals surface area contributed by atoms with E-state index >= 15 is 0 Å². The van der Waals surface area contributed by atoms with Crippen molar-refractivity contribution in [3.63, 3.8) is 0 Å². The molecular weight excluding hydrogens is 258 g/mol. The smallest absolute Gasteiger partial charge is 0.0867 e. The highest BCUT2D eigenvalue weighted by atomic mass is 16.5. The first-order valence-electron chi connectivity index (χ1n) is 8.59. The second kappa shape index (κ2) is 7.42. The molecule has 1 fully saturated rings.